The van der Waals surface area contributed by atoms with Gasteiger partial charge in [-0.15, -0.1) is 11.8 Å². The fourth-order valence-corrected chi connectivity index (χ4v) is 5.75. The van der Waals surface area contributed by atoms with Gasteiger partial charge in [0, 0.05) is 37.7 Å². The molecule has 0 aliphatic carbocycles. The molecule has 0 fully saturated rings. The van der Waals surface area contributed by atoms with Crippen molar-refractivity contribution >= 4 is 92.9 Å². The molecule has 3 N–H and O–H groups in total. The lowest BCUT2D eigenvalue weighted by Gasteiger charge is -2.12. The van der Waals surface area contributed by atoms with Crippen molar-refractivity contribution in [3.8, 4) is 0 Å². The number of thioether (sulfide) groups is 2. The molecular weight excluding hydrogens is 621 g/mol. The normalized spacial score (nSPS) is 11.1. The van der Waals surface area contributed by atoms with Crippen LogP contribution < -0.4 is 16.0 Å². The highest BCUT2D eigenvalue weighted by atomic mass is 35.5. The predicted octanol–water partition coefficient (Wildman–Crippen LogP) is 7.10. The van der Waals surface area contributed by atoms with Crippen molar-refractivity contribution in [2.45, 2.75) is 17.0 Å². The molecule has 13 heteroatoms. The van der Waals surface area contributed by atoms with Crippen LogP contribution in [0.1, 0.15) is 22.8 Å². The quantitative estimate of drug-likeness (QED) is 0.118. The molecule has 0 aliphatic heterocycles. The average Bonchev–Trinajstić information content (AvgIpc) is 3.40. The van der Waals surface area contributed by atoms with Crippen LogP contribution in [0.3, 0.4) is 0 Å². The Morgan fingerprint density at radius 2 is 1.71 bits per heavy atom. The van der Waals surface area contributed by atoms with Crippen molar-refractivity contribution in [1.82, 2.24) is 14.7 Å². The zero-order chi connectivity index (χ0) is 29.2. The second kappa shape index (κ2) is 15.0. The van der Waals surface area contributed by atoms with Crippen molar-refractivity contribution in [3.05, 3.63) is 99.7 Å². The maximum Gasteiger partial charge on any atom is 0.272 e. The van der Waals surface area contributed by atoms with Gasteiger partial charge < -0.3 is 10.6 Å². The Kier molecular flexibility index (Phi) is 11.2. The minimum atomic E-state index is -0.544. The third-order valence-corrected chi connectivity index (χ3v) is 8.25. The van der Waals surface area contributed by atoms with Crippen LogP contribution in [0.5, 0.6) is 0 Å². The Labute approximate surface area is 259 Å². The molecular formula is C28H23Cl2N5O3S3. The van der Waals surface area contributed by atoms with E-state index >= 15 is 0 Å². The van der Waals surface area contributed by atoms with Crippen LogP contribution in [0.15, 0.2) is 88.5 Å². The molecule has 0 atom stereocenters. The zero-order valence-electron chi connectivity index (χ0n) is 21.5. The van der Waals surface area contributed by atoms with E-state index in [0.29, 0.717) is 37.1 Å². The third kappa shape index (κ3) is 9.34. The van der Waals surface area contributed by atoms with E-state index in [4.69, 9.17) is 23.2 Å². The zero-order valence-corrected chi connectivity index (χ0v) is 25.5. The lowest BCUT2D eigenvalue weighted by Crippen LogP contribution is -2.30. The number of hydrogen-bond acceptors (Lipinski definition) is 8. The largest absolute Gasteiger partial charge is 0.321 e. The fourth-order valence-electron chi connectivity index (χ4n) is 3.30. The SMILES string of the molecule is CCSc1nsc(NC(=O)CSc2ccc(NC(=O)/C(=C/c3ccc(Cl)cc3Cl)NC(=O)c3ccccc3)cc2)n1. The second-order valence-electron chi connectivity index (χ2n) is 8.17. The van der Waals surface area contributed by atoms with Crippen LogP contribution in [0, 0.1) is 0 Å². The molecule has 3 amide bonds. The first-order chi connectivity index (χ1) is 19.8. The number of anilines is 2. The van der Waals surface area contributed by atoms with Gasteiger partial charge in [-0.05, 0) is 65.9 Å². The summed E-state index contributed by atoms with van der Waals surface area (Å²) in [6.45, 7) is 2.01. The Morgan fingerprint density at radius 3 is 2.41 bits per heavy atom. The van der Waals surface area contributed by atoms with E-state index in [1.807, 2.05) is 6.92 Å². The summed E-state index contributed by atoms with van der Waals surface area (Å²) in [5.41, 5.74) is 1.40. The fraction of sp³-hybridized carbons (Fsp3) is 0.107. The van der Waals surface area contributed by atoms with Crippen molar-refractivity contribution in [2.24, 2.45) is 0 Å². The number of nitrogens with zero attached hydrogens (tertiary/aromatic N) is 2. The molecule has 0 unspecified atom stereocenters. The maximum absolute atomic E-state index is 13.2. The van der Waals surface area contributed by atoms with Gasteiger partial charge in [-0.2, -0.15) is 9.36 Å². The van der Waals surface area contributed by atoms with Gasteiger partial charge in [-0.25, -0.2) is 0 Å². The summed E-state index contributed by atoms with van der Waals surface area (Å²) < 4.78 is 4.18. The van der Waals surface area contributed by atoms with E-state index in [1.165, 1.54) is 29.6 Å². The summed E-state index contributed by atoms with van der Waals surface area (Å²) in [7, 11) is 0. The Hall–Kier alpha value is -3.35. The van der Waals surface area contributed by atoms with E-state index in [-0.39, 0.29) is 17.4 Å². The van der Waals surface area contributed by atoms with Gasteiger partial charge in [0.15, 0.2) is 0 Å². The molecule has 3 aromatic carbocycles. The molecule has 0 saturated carbocycles. The first kappa shape index (κ1) is 30.6. The molecule has 1 heterocycles. The van der Waals surface area contributed by atoms with Gasteiger partial charge in [0.2, 0.25) is 16.2 Å². The number of carbonyl (C=O) groups excluding carboxylic acids is 3. The highest BCUT2D eigenvalue weighted by molar-refractivity contribution is 8.00. The molecule has 4 aromatic rings. The van der Waals surface area contributed by atoms with Crippen LogP contribution in [-0.2, 0) is 9.59 Å². The van der Waals surface area contributed by atoms with Gasteiger partial charge in [0.05, 0.1) is 5.75 Å². The van der Waals surface area contributed by atoms with E-state index in [2.05, 4.69) is 25.3 Å². The summed E-state index contributed by atoms with van der Waals surface area (Å²) in [4.78, 5) is 43.5. The minimum Gasteiger partial charge on any atom is -0.321 e. The van der Waals surface area contributed by atoms with Crippen molar-refractivity contribution in [3.63, 3.8) is 0 Å². The molecule has 0 bridgehead atoms. The van der Waals surface area contributed by atoms with Gasteiger partial charge in [0.25, 0.3) is 11.8 Å². The molecule has 0 spiro atoms. The Bertz CT molecular complexity index is 1560. The predicted molar refractivity (Wildman–Crippen MR) is 169 cm³/mol. The number of nitrogens with one attached hydrogen (secondary N) is 3. The van der Waals surface area contributed by atoms with Crippen LogP contribution in [0.2, 0.25) is 10.0 Å². The van der Waals surface area contributed by atoms with E-state index in [9.17, 15) is 14.4 Å². The first-order valence-electron chi connectivity index (χ1n) is 12.1. The van der Waals surface area contributed by atoms with Crippen molar-refractivity contribution < 1.29 is 14.4 Å². The van der Waals surface area contributed by atoms with Gasteiger partial charge in [-0.3, -0.25) is 19.7 Å². The molecule has 1 aromatic heterocycles. The summed E-state index contributed by atoms with van der Waals surface area (Å²) in [5, 5.41) is 10.1. The summed E-state index contributed by atoms with van der Waals surface area (Å²) >= 11 is 16.3. The Morgan fingerprint density at radius 1 is 0.951 bits per heavy atom. The number of carbonyl (C=O) groups is 3. The molecule has 8 nitrogen and oxygen atoms in total. The van der Waals surface area contributed by atoms with Crippen LogP contribution in [0.4, 0.5) is 10.8 Å². The number of halogens is 2. The molecule has 0 aliphatic rings. The topological polar surface area (TPSA) is 113 Å². The minimum absolute atomic E-state index is 0.00429. The molecule has 0 saturated heterocycles. The monoisotopic (exact) mass is 643 g/mol. The molecule has 0 radical (unpaired) electrons. The van der Waals surface area contributed by atoms with E-state index in [1.54, 1.807) is 72.8 Å². The molecule has 4 rings (SSSR count). The smallest absolute Gasteiger partial charge is 0.272 e. The highest BCUT2D eigenvalue weighted by Gasteiger charge is 2.16. The first-order valence-corrected chi connectivity index (χ1v) is 15.6. The summed E-state index contributed by atoms with van der Waals surface area (Å²) in [6.07, 6.45) is 1.49. The maximum atomic E-state index is 13.2. The highest BCUT2D eigenvalue weighted by Crippen LogP contribution is 2.25. The van der Waals surface area contributed by atoms with Gasteiger partial charge in [-0.1, -0.05) is 66.2 Å². The number of rotatable bonds is 11. The molecule has 210 valence electrons. The summed E-state index contributed by atoms with van der Waals surface area (Å²) in [6, 6.07) is 20.4. The third-order valence-electron chi connectivity index (χ3n) is 5.20. The van der Waals surface area contributed by atoms with Crippen molar-refractivity contribution in [1.29, 1.82) is 0 Å². The lowest BCUT2D eigenvalue weighted by molar-refractivity contribution is -0.114. The van der Waals surface area contributed by atoms with Crippen LogP contribution in [0.25, 0.3) is 6.08 Å². The van der Waals surface area contributed by atoms with Crippen LogP contribution >= 0.6 is 58.3 Å². The number of hydrogen-bond donors (Lipinski definition) is 3. The summed E-state index contributed by atoms with van der Waals surface area (Å²) in [5.74, 6) is -0.149. The average molecular weight is 645 g/mol. The Balaban J connectivity index is 1.40. The standard InChI is InChI=1S/C28H23Cl2N5O3S3/c1-2-39-28-34-27(41-35-28)33-24(36)16-40-21-12-10-20(11-13-21)31-26(38)23(14-18-8-9-19(29)15-22(18)30)32-25(37)17-6-4-3-5-7-17/h3-15H,2,16H2,1H3,(H,31,38)(H,32,37)(H,33,34,35,36)/b23-14-. The number of benzene rings is 3. The van der Waals surface area contributed by atoms with Gasteiger partial charge in [0.1, 0.15) is 5.70 Å². The van der Waals surface area contributed by atoms with E-state index in [0.717, 1.165) is 22.2 Å². The second-order valence-corrected chi connectivity index (χ2v) is 12.0. The van der Waals surface area contributed by atoms with Crippen molar-refractivity contribution in [2.75, 3.05) is 22.1 Å². The molecule has 41 heavy (non-hydrogen) atoms. The van der Waals surface area contributed by atoms with Gasteiger partial charge >= 0.3 is 0 Å². The van der Waals surface area contributed by atoms with Crippen LogP contribution in [-0.4, -0.2) is 38.6 Å². The lowest BCUT2D eigenvalue weighted by atomic mass is 10.1. The van der Waals surface area contributed by atoms with E-state index < -0.39 is 11.8 Å². The number of aromatic nitrogens is 2. The number of amides is 3.